The molecule has 0 aliphatic rings. The predicted octanol–water partition coefficient (Wildman–Crippen LogP) is 1.06. The minimum atomic E-state index is 0.674. The number of hydrogen-bond acceptors (Lipinski definition) is 1. The third-order valence-electron chi connectivity index (χ3n) is 1.13. The van der Waals surface area contributed by atoms with Crippen molar-refractivity contribution >= 4 is 37.6 Å². The van der Waals surface area contributed by atoms with Gasteiger partial charge in [-0.25, -0.2) is 0 Å². The highest BCUT2D eigenvalue weighted by Crippen LogP contribution is 2.05. The lowest BCUT2D eigenvalue weighted by Gasteiger charge is -1.96. The molecule has 3 radical (unpaired) electrons. The van der Waals surface area contributed by atoms with Crippen LogP contribution in [0.15, 0.2) is 22.7 Å². The Bertz CT molecular complexity index is 260. The molecule has 10 heavy (non-hydrogen) atoms. The Labute approximate surface area is 71.0 Å². The van der Waals surface area contributed by atoms with Crippen LogP contribution in [0.3, 0.4) is 0 Å². The van der Waals surface area contributed by atoms with Crippen LogP contribution in [-0.4, -0.2) is 16.5 Å². The number of benzene rings is 1. The first-order valence-electron chi connectivity index (χ1n) is 2.70. The second-order valence-corrected chi connectivity index (χ2v) is 3.25. The van der Waals surface area contributed by atoms with Crippen LogP contribution in [0.25, 0.3) is 0 Å². The van der Waals surface area contributed by atoms with E-state index < -0.39 is 0 Å². The molecule has 0 saturated carbocycles. The van der Waals surface area contributed by atoms with E-state index in [1.807, 2.05) is 6.07 Å². The largest absolute Gasteiger partial charge is 0.298 e. The number of halogens is 1. The molecule has 0 saturated heterocycles. The summed E-state index contributed by atoms with van der Waals surface area (Å²) in [4.78, 5) is 10.2. The maximum absolute atomic E-state index is 10.2. The van der Waals surface area contributed by atoms with Crippen molar-refractivity contribution in [3.8, 4) is 0 Å². The van der Waals surface area contributed by atoms with E-state index in [1.165, 1.54) is 0 Å². The molecule has 0 amide bonds. The minimum absolute atomic E-state index is 0.674. The molecular formula is C7H4BrOSi. The fraction of sp³-hybridized carbons (Fsp3) is 0. The molecule has 0 bridgehead atoms. The van der Waals surface area contributed by atoms with E-state index in [1.54, 1.807) is 12.1 Å². The summed E-state index contributed by atoms with van der Waals surface area (Å²) in [6.07, 6.45) is 0.816. The quantitative estimate of drug-likeness (QED) is 0.502. The lowest BCUT2D eigenvalue weighted by molar-refractivity contribution is 0.112. The van der Waals surface area contributed by atoms with Gasteiger partial charge in [0.25, 0.3) is 0 Å². The van der Waals surface area contributed by atoms with Gasteiger partial charge in [-0.15, -0.1) is 0 Å². The summed E-state index contributed by atoms with van der Waals surface area (Å²) in [5, 5.41) is 0.893. The molecule has 0 spiro atoms. The fourth-order valence-corrected chi connectivity index (χ4v) is 1.11. The Morgan fingerprint density at radius 1 is 1.50 bits per heavy atom. The normalized spacial score (nSPS) is 9.40. The summed E-state index contributed by atoms with van der Waals surface area (Å²) in [5.41, 5.74) is 0.674. The van der Waals surface area contributed by atoms with Gasteiger partial charge in [-0.05, 0) is 6.07 Å². The highest BCUT2D eigenvalue weighted by Gasteiger charge is 1.94. The highest BCUT2D eigenvalue weighted by atomic mass is 79.9. The molecular weight excluding hydrogens is 208 g/mol. The van der Waals surface area contributed by atoms with Crippen molar-refractivity contribution in [2.45, 2.75) is 0 Å². The van der Waals surface area contributed by atoms with Crippen molar-refractivity contribution < 1.29 is 4.79 Å². The molecule has 1 aromatic carbocycles. The number of carbonyl (C=O) groups is 1. The van der Waals surface area contributed by atoms with Gasteiger partial charge in [0, 0.05) is 10.0 Å². The smallest absolute Gasteiger partial charge is 0.150 e. The Morgan fingerprint density at radius 2 is 2.20 bits per heavy atom. The average Bonchev–Trinajstić information content (AvgIpc) is 1.95. The Morgan fingerprint density at radius 3 is 2.70 bits per heavy atom. The summed E-state index contributed by atoms with van der Waals surface area (Å²) in [7, 11) is 3.33. The zero-order valence-electron chi connectivity index (χ0n) is 5.10. The Balaban J connectivity index is 3.16. The third kappa shape index (κ3) is 1.55. The second-order valence-electron chi connectivity index (χ2n) is 1.86. The van der Waals surface area contributed by atoms with E-state index in [-0.39, 0.29) is 0 Å². The Hall–Kier alpha value is -0.413. The van der Waals surface area contributed by atoms with Gasteiger partial charge >= 0.3 is 0 Å². The molecule has 0 aliphatic heterocycles. The molecule has 0 N–H and O–H groups in total. The van der Waals surface area contributed by atoms with E-state index in [0.29, 0.717) is 5.56 Å². The maximum Gasteiger partial charge on any atom is 0.150 e. The monoisotopic (exact) mass is 211 g/mol. The molecule has 49 valence electrons. The molecule has 3 heteroatoms. The van der Waals surface area contributed by atoms with Gasteiger partial charge in [-0.2, -0.15) is 0 Å². The first kappa shape index (κ1) is 7.69. The number of rotatable bonds is 1. The van der Waals surface area contributed by atoms with Crippen LogP contribution in [0.5, 0.6) is 0 Å². The van der Waals surface area contributed by atoms with Gasteiger partial charge < -0.3 is 0 Å². The molecule has 0 heterocycles. The van der Waals surface area contributed by atoms with Crippen LogP contribution in [0.4, 0.5) is 0 Å². The molecule has 0 unspecified atom stereocenters. The van der Waals surface area contributed by atoms with E-state index in [4.69, 9.17) is 0 Å². The van der Waals surface area contributed by atoms with Crippen molar-refractivity contribution in [2.24, 2.45) is 0 Å². The summed E-state index contributed by atoms with van der Waals surface area (Å²) >= 11 is 3.29. The standard InChI is InChI=1S/C7H4BrOSi/c8-6-2-1-5(4-9)3-7(6)10/h1-4H. The number of carbonyl (C=O) groups excluding carboxylic acids is 1. The van der Waals surface area contributed by atoms with Gasteiger partial charge in [-0.3, -0.25) is 4.79 Å². The van der Waals surface area contributed by atoms with Crippen molar-refractivity contribution in [2.75, 3.05) is 0 Å². The number of aldehydes is 1. The summed E-state index contributed by atoms with van der Waals surface area (Å²) < 4.78 is 0.953. The zero-order chi connectivity index (χ0) is 7.56. The van der Waals surface area contributed by atoms with E-state index in [9.17, 15) is 4.79 Å². The SMILES string of the molecule is O=Cc1ccc(Br)c([Si])c1. The van der Waals surface area contributed by atoms with Gasteiger partial charge in [0.05, 0.1) is 10.2 Å². The molecule has 1 nitrogen and oxygen atoms in total. The second kappa shape index (κ2) is 3.12. The average molecular weight is 212 g/mol. The highest BCUT2D eigenvalue weighted by molar-refractivity contribution is 9.10. The van der Waals surface area contributed by atoms with Crippen molar-refractivity contribution in [3.05, 3.63) is 28.2 Å². The molecule has 0 aromatic heterocycles. The van der Waals surface area contributed by atoms with Crippen LogP contribution >= 0.6 is 15.9 Å². The number of hydrogen-bond donors (Lipinski definition) is 0. The van der Waals surface area contributed by atoms with Gasteiger partial charge in [0.15, 0.2) is 0 Å². The van der Waals surface area contributed by atoms with Gasteiger partial charge in [0.1, 0.15) is 6.29 Å². The van der Waals surface area contributed by atoms with Crippen molar-refractivity contribution in [3.63, 3.8) is 0 Å². The van der Waals surface area contributed by atoms with Gasteiger partial charge in [-0.1, -0.05) is 33.2 Å². The van der Waals surface area contributed by atoms with Crippen molar-refractivity contribution in [1.82, 2.24) is 0 Å². The Kier molecular flexibility index (Phi) is 2.40. The fourth-order valence-electron chi connectivity index (χ4n) is 0.616. The lowest BCUT2D eigenvalue weighted by atomic mass is 10.2. The molecule has 0 aliphatic carbocycles. The van der Waals surface area contributed by atoms with Crippen molar-refractivity contribution in [1.29, 1.82) is 0 Å². The zero-order valence-corrected chi connectivity index (χ0v) is 7.68. The lowest BCUT2D eigenvalue weighted by Crippen LogP contribution is -2.04. The predicted molar refractivity (Wildman–Crippen MR) is 44.9 cm³/mol. The van der Waals surface area contributed by atoms with Crippen LogP contribution < -0.4 is 5.19 Å². The maximum atomic E-state index is 10.2. The first-order chi connectivity index (χ1) is 4.74. The van der Waals surface area contributed by atoms with Gasteiger partial charge in [0.2, 0.25) is 0 Å². The third-order valence-corrected chi connectivity index (χ3v) is 2.60. The van der Waals surface area contributed by atoms with E-state index in [0.717, 1.165) is 15.9 Å². The van der Waals surface area contributed by atoms with E-state index in [2.05, 4.69) is 26.2 Å². The first-order valence-corrected chi connectivity index (χ1v) is 3.99. The molecule has 1 rings (SSSR count). The van der Waals surface area contributed by atoms with Crippen LogP contribution in [0.1, 0.15) is 10.4 Å². The topological polar surface area (TPSA) is 17.1 Å². The summed E-state index contributed by atoms with van der Waals surface area (Å²) in [6.45, 7) is 0. The summed E-state index contributed by atoms with van der Waals surface area (Å²) in [6, 6.07) is 5.33. The van der Waals surface area contributed by atoms with Crippen LogP contribution in [0.2, 0.25) is 0 Å². The van der Waals surface area contributed by atoms with E-state index >= 15 is 0 Å². The summed E-state index contributed by atoms with van der Waals surface area (Å²) in [5.74, 6) is 0. The van der Waals surface area contributed by atoms with Crippen LogP contribution in [0, 0.1) is 0 Å². The minimum Gasteiger partial charge on any atom is -0.298 e. The molecule has 0 atom stereocenters. The molecule has 1 aromatic rings. The molecule has 0 fully saturated rings. The van der Waals surface area contributed by atoms with Crippen LogP contribution in [-0.2, 0) is 0 Å².